The molecule has 18 heteroatoms. The van der Waals surface area contributed by atoms with Crippen molar-refractivity contribution in [2.45, 2.75) is 96.9 Å². The topological polar surface area (TPSA) is 243 Å². The first-order valence-corrected chi connectivity index (χ1v) is 18.2. The number of carbonyl (C=O) groups is 4. The summed E-state index contributed by atoms with van der Waals surface area (Å²) in [6, 6.07) is 5.58. The van der Waals surface area contributed by atoms with E-state index >= 15 is 0 Å². The molecule has 56 heavy (non-hydrogen) atoms. The van der Waals surface area contributed by atoms with E-state index in [0.29, 0.717) is 29.0 Å². The van der Waals surface area contributed by atoms with Gasteiger partial charge < -0.3 is 59.7 Å². The Morgan fingerprint density at radius 3 is 2.57 bits per heavy atom. The molecule has 18 nitrogen and oxygen atoms in total. The van der Waals surface area contributed by atoms with E-state index in [9.17, 15) is 34.2 Å². The van der Waals surface area contributed by atoms with Gasteiger partial charge in [0, 0.05) is 41.6 Å². The summed E-state index contributed by atoms with van der Waals surface area (Å²) in [5, 5.41) is 25.5. The molecule has 2 aromatic heterocycles. The van der Waals surface area contributed by atoms with Crippen molar-refractivity contribution in [3.8, 4) is 17.1 Å². The van der Waals surface area contributed by atoms with Crippen LogP contribution in [0.2, 0.25) is 0 Å². The number of cyclic esters (lactones) is 1. The second-order valence-corrected chi connectivity index (χ2v) is 14.9. The number of phenols is 1. The molecule has 4 atom stereocenters. The lowest BCUT2D eigenvalue weighted by Crippen LogP contribution is -2.50. The summed E-state index contributed by atoms with van der Waals surface area (Å²) in [5.74, 6) is -2.31. The summed E-state index contributed by atoms with van der Waals surface area (Å²) in [6.45, 7) is 7.60. The maximum atomic E-state index is 14.0. The van der Waals surface area contributed by atoms with E-state index in [4.69, 9.17) is 34.4 Å². The number of nitrogens with two attached hydrogens (primary N) is 1. The van der Waals surface area contributed by atoms with Crippen LogP contribution < -0.4 is 21.9 Å². The molecule has 2 unspecified atom stereocenters. The Morgan fingerprint density at radius 1 is 1.18 bits per heavy atom. The fourth-order valence-corrected chi connectivity index (χ4v) is 6.58. The first kappa shape index (κ1) is 42.0. The standard InChI is InChI=1S/C38H50N6O12/c1-8-38(56-34(49)20(2)41-30(47)11-12-40-36(51)53-19-31(54-29(39)17-45)55-37(3,4)5)25-14-27-32-21(15-44(27)33(48)24(25)18-52-35(38)50)13-22-23(16-43(6)7)28(46)10-9-26(22)42-32/h9-10,13-14,20,29,31,45-46H,8,11-12,15-19,39H2,1-7H3,(H,40,51)(H,41,47)/t20-,29?,31?,38-/m0/s1. The van der Waals surface area contributed by atoms with Gasteiger partial charge in [-0.3, -0.25) is 9.59 Å². The Balaban J connectivity index is 1.27. The summed E-state index contributed by atoms with van der Waals surface area (Å²) in [7, 11) is 3.78. The van der Waals surface area contributed by atoms with Crippen molar-refractivity contribution in [3.05, 3.63) is 56.9 Å². The minimum absolute atomic E-state index is 0.0794. The number of aliphatic hydroxyl groups excluding tert-OH is 1. The van der Waals surface area contributed by atoms with E-state index in [1.807, 2.05) is 25.1 Å². The maximum Gasteiger partial charge on any atom is 0.407 e. The summed E-state index contributed by atoms with van der Waals surface area (Å²) in [5.41, 5.74) is 5.84. The molecule has 2 aliphatic rings. The van der Waals surface area contributed by atoms with Crippen molar-refractivity contribution >= 4 is 34.8 Å². The Bertz CT molecular complexity index is 2060. The number of pyridine rings is 2. The van der Waals surface area contributed by atoms with E-state index < -0.39 is 65.9 Å². The van der Waals surface area contributed by atoms with E-state index in [-0.39, 0.29) is 56.0 Å². The number of hydrogen-bond acceptors (Lipinski definition) is 15. The summed E-state index contributed by atoms with van der Waals surface area (Å²) in [4.78, 5) is 72.8. The van der Waals surface area contributed by atoms with Gasteiger partial charge in [-0.1, -0.05) is 6.92 Å². The van der Waals surface area contributed by atoms with Gasteiger partial charge in [0.25, 0.3) is 5.56 Å². The lowest BCUT2D eigenvalue weighted by molar-refractivity contribution is -0.232. The monoisotopic (exact) mass is 782 g/mol. The van der Waals surface area contributed by atoms with Crippen LogP contribution in [0.3, 0.4) is 0 Å². The molecule has 2 amide bonds. The third-order valence-corrected chi connectivity index (χ3v) is 9.19. The molecule has 304 valence electrons. The van der Waals surface area contributed by atoms with E-state index in [1.165, 1.54) is 11.5 Å². The number of alkyl carbamates (subject to hydrolysis) is 1. The molecule has 0 spiro atoms. The average molecular weight is 783 g/mol. The highest BCUT2D eigenvalue weighted by molar-refractivity contribution is 5.91. The molecule has 5 rings (SSSR count). The highest BCUT2D eigenvalue weighted by atomic mass is 16.7. The van der Waals surface area contributed by atoms with Crippen LogP contribution in [0.4, 0.5) is 4.79 Å². The fraction of sp³-hybridized carbons (Fsp3) is 0.526. The lowest BCUT2D eigenvalue weighted by atomic mass is 9.85. The Hall–Kier alpha value is -5.14. The number of fused-ring (bicyclic) bond motifs is 5. The molecule has 0 radical (unpaired) electrons. The average Bonchev–Trinajstić information content (AvgIpc) is 3.49. The number of nitrogens with one attached hydrogen (secondary N) is 2. The summed E-state index contributed by atoms with van der Waals surface area (Å²) >= 11 is 0. The van der Waals surface area contributed by atoms with E-state index in [1.54, 1.807) is 45.9 Å². The van der Waals surface area contributed by atoms with E-state index in [0.717, 1.165) is 10.9 Å². The molecule has 0 saturated carbocycles. The molecule has 3 aromatic rings. The minimum atomic E-state index is -1.99. The second kappa shape index (κ2) is 16.9. The van der Waals surface area contributed by atoms with Crippen LogP contribution in [0.1, 0.15) is 69.7 Å². The van der Waals surface area contributed by atoms with Crippen LogP contribution in [0.5, 0.6) is 5.75 Å². The molecule has 2 aliphatic heterocycles. The third kappa shape index (κ3) is 9.11. The number of aliphatic hydroxyl groups is 1. The van der Waals surface area contributed by atoms with Gasteiger partial charge in [0.2, 0.25) is 11.5 Å². The molecule has 4 heterocycles. The van der Waals surface area contributed by atoms with Crippen molar-refractivity contribution in [2.24, 2.45) is 5.73 Å². The predicted octanol–water partition coefficient (Wildman–Crippen LogP) is 1.45. The van der Waals surface area contributed by atoms with Crippen LogP contribution in [-0.2, 0) is 63.4 Å². The van der Waals surface area contributed by atoms with Crippen LogP contribution in [0.25, 0.3) is 22.3 Å². The fourth-order valence-electron chi connectivity index (χ4n) is 6.58. The highest BCUT2D eigenvalue weighted by Gasteiger charge is 2.51. The molecule has 0 bridgehead atoms. The number of rotatable bonds is 15. The predicted molar refractivity (Wildman–Crippen MR) is 200 cm³/mol. The number of ether oxygens (including phenoxy) is 5. The second-order valence-electron chi connectivity index (χ2n) is 14.9. The number of aromatic hydroxyl groups is 1. The van der Waals surface area contributed by atoms with Gasteiger partial charge in [-0.15, -0.1) is 0 Å². The van der Waals surface area contributed by atoms with Gasteiger partial charge >= 0.3 is 18.0 Å². The Kier molecular flexibility index (Phi) is 12.7. The summed E-state index contributed by atoms with van der Waals surface area (Å²) < 4.78 is 28.9. The highest BCUT2D eigenvalue weighted by Crippen LogP contribution is 2.42. The van der Waals surface area contributed by atoms with Crippen LogP contribution in [0, 0.1) is 0 Å². The zero-order valence-corrected chi connectivity index (χ0v) is 32.6. The van der Waals surface area contributed by atoms with Gasteiger partial charge in [-0.25, -0.2) is 19.4 Å². The van der Waals surface area contributed by atoms with E-state index in [2.05, 4.69) is 10.6 Å². The zero-order chi connectivity index (χ0) is 41.1. The first-order valence-electron chi connectivity index (χ1n) is 18.2. The summed E-state index contributed by atoms with van der Waals surface area (Å²) in [6.07, 6.45) is -3.33. The van der Waals surface area contributed by atoms with Crippen molar-refractivity contribution < 1.29 is 53.1 Å². The first-order chi connectivity index (χ1) is 26.4. The number of aromatic nitrogens is 2. The number of carbonyl (C=O) groups excluding carboxylic acids is 4. The number of amides is 2. The SMILES string of the molecule is CC[C@@]1(OC(=O)[C@H](C)NC(=O)CCNC(=O)OCC(OC(N)CO)OC(C)(C)C)C(=O)OCc2c1cc1n(c2=O)Cc2cc3c(CN(C)C)c(O)ccc3nc2-1. The maximum absolute atomic E-state index is 14.0. The molecule has 0 fully saturated rings. The van der Waals surface area contributed by atoms with Gasteiger partial charge in [-0.2, -0.15) is 0 Å². The Morgan fingerprint density at radius 2 is 1.91 bits per heavy atom. The number of esters is 2. The number of phenolic OH excluding ortho intramolecular Hbond substituents is 1. The van der Waals surface area contributed by atoms with Gasteiger partial charge in [-0.05, 0) is 72.5 Å². The van der Waals surface area contributed by atoms with Crippen molar-refractivity contribution in [2.75, 3.05) is 33.9 Å². The van der Waals surface area contributed by atoms with Crippen molar-refractivity contribution in [3.63, 3.8) is 0 Å². The zero-order valence-electron chi connectivity index (χ0n) is 32.6. The smallest absolute Gasteiger partial charge is 0.407 e. The normalized spacial score (nSPS) is 17.6. The molecule has 6 N–H and O–H groups in total. The van der Waals surface area contributed by atoms with Crippen molar-refractivity contribution in [1.29, 1.82) is 0 Å². The number of benzene rings is 1. The van der Waals surface area contributed by atoms with Gasteiger partial charge in [0.1, 0.15) is 31.2 Å². The molecule has 1 aromatic carbocycles. The largest absolute Gasteiger partial charge is 0.508 e. The van der Waals surface area contributed by atoms with Crippen LogP contribution in [0.15, 0.2) is 29.1 Å². The van der Waals surface area contributed by atoms with Gasteiger partial charge in [0.05, 0.1) is 41.2 Å². The van der Waals surface area contributed by atoms with Crippen molar-refractivity contribution in [1.82, 2.24) is 25.1 Å². The van der Waals surface area contributed by atoms with Crippen LogP contribution >= 0.6 is 0 Å². The third-order valence-electron chi connectivity index (χ3n) is 9.19. The molecular weight excluding hydrogens is 732 g/mol. The van der Waals surface area contributed by atoms with Gasteiger partial charge in [0.15, 0.2) is 6.29 Å². The number of nitrogens with zero attached hydrogens (tertiary/aromatic N) is 3. The Labute approximate surface area is 323 Å². The quantitative estimate of drug-likeness (QED) is 0.0651. The number of hydrogen-bond donors (Lipinski definition) is 5. The lowest BCUT2D eigenvalue weighted by Gasteiger charge is -2.36. The molecule has 0 aliphatic carbocycles. The molecular formula is C38H50N6O12. The molecule has 0 saturated heterocycles. The minimum Gasteiger partial charge on any atom is -0.508 e. The van der Waals surface area contributed by atoms with Crippen LogP contribution in [-0.4, -0.2) is 107 Å².